The lowest BCUT2D eigenvalue weighted by Gasteiger charge is -2.33. The van der Waals surface area contributed by atoms with Crippen LogP contribution in [0.1, 0.15) is 19.3 Å². The summed E-state index contributed by atoms with van der Waals surface area (Å²) in [7, 11) is -0.135. The normalized spacial score (nSPS) is 16.4. The highest BCUT2D eigenvalue weighted by atomic mass is 32.2. The Kier molecular flexibility index (Phi) is 7.44. The molecule has 0 spiro atoms. The molecular formula is C18H27N3O4S. The van der Waals surface area contributed by atoms with Crippen LogP contribution >= 0.6 is 0 Å². The fraction of sp³-hybridized carbons (Fsp3) is 0.556. The molecule has 1 saturated heterocycles. The van der Waals surface area contributed by atoms with Crippen molar-refractivity contribution >= 4 is 21.8 Å². The van der Waals surface area contributed by atoms with E-state index in [4.69, 9.17) is 4.74 Å². The molecule has 8 heteroatoms. The van der Waals surface area contributed by atoms with Crippen molar-refractivity contribution in [1.82, 2.24) is 10.2 Å². The highest BCUT2D eigenvalue weighted by molar-refractivity contribution is 7.91. The van der Waals surface area contributed by atoms with Crippen LogP contribution in [-0.2, 0) is 19.4 Å². The van der Waals surface area contributed by atoms with Gasteiger partial charge < -0.3 is 15.0 Å². The third kappa shape index (κ3) is 5.45. The van der Waals surface area contributed by atoms with Crippen LogP contribution in [-0.4, -0.2) is 64.8 Å². The molecule has 1 N–H and O–H groups in total. The van der Waals surface area contributed by atoms with Gasteiger partial charge in [-0.1, -0.05) is 18.2 Å². The van der Waals surface area contributed by atoms with Crippen LogP contribution in [0.3, 0.4) is 0 Å². The minimum absolute atomic E-state index is 0.0506. The summed E-state index contributed by atoms with van der Waals surface area (Å²) in [6.45, 7) is 1.97. The number of carbonyl (C=O) groups is 1. The third-order valence-electron chi connectivity index (χ3n) is 4.52. The summed E-state index contributed by atoms with van der Waals surface area (Å²) in [5.74, 6) is 0.625. The predicted octanol–water partition coefficient (Wildman–Crippen LogP) is 1.31. The number of sulfone groups is 1. The molecule has 0 aliphatic carbocycles. The number of hydrogen-bond acceptors (Lipinski definition) is 5. The molecule has 7 nitrogen and oxygen atoms in total. The Morgan fingerprint density at radius 1 is 1.27 bits per heavy atom. The number of carbonyl (C=O) groups excluding carboxylic acids is 1. The van der Waals surface area contributed by atoms with Gasteiger partial charge in [0.2, 0.25) is 0 Å². The Morgan fingerprint density at radius 2 is 1.92 bits per heavy atom. The van der Waals surface area contributed by atoms with E-state index in [9.17, 15) is 13.2 Å². The highest BCUT2D eigenvalue weighted by Gasteiger charge is 2.26. The van der Waals surface area contributed by atoms with Gasteiger partial charge in [0.05, 0.1) is 23.7 Å². The lowest BCUT2D eigenvalue weighted by molar-refractivity contribution is -0.146. The fourth-order valence-electron chi connectivity index (χ4n) is 3.03. The van der Waals surface area contributed by atoms with Crippen LogP contribution in [0.4, 0.5) is 0 Å². The Hall–Kier alpha value is -2.09. The van der Waals surface area contributed by atoms with Crippen LogP contribution < -0.4 is 5.32 Å². The molecule has 2 rings (SSSR count). The molecule has 1 heterocycles. The maximum atomic E-state index is 12.3. The first-order chi connectivity index (χ1) is 12.5. The van der Waals surface area contributed by atoms with Gasteiger partial charge in [0, 0.05) is 26.7 Å². The van der Waals surface area contributed by atoms with Crippen molar-refractivity contribution in [3.63, 3.8) is 0 Å². The van der Waals surface area contributed by atoms with Crippen molar-refractivity contribution < 1.29 is 17.9 Å². The molecule has 0 aromatic heterocycles. The predicted molar refractivity (Wildman–Crippen MR) is 101 cm³/mol. The molecule has 0 atom stereocenters. The second kappa shape index (κ2) is 9.56. The molecule has 0 radical (unpaired) electrons. The molecule has 1 aromatic rings. The molecule has 144 valence electrons. The third-order valence-corrected chi connectivity index (χ3v) is 6.33. The zero-order chi connectivity index (χ0) is 19.0. The van der Waals surface area contributed by atoms with E-state index in [1.807, 2.05) is 0 Å². The molecule has 26 heavy (non-hydrogen) atoms. The smallest absolute Gasteiger partial charge is 0.308 e. The van der Waals surface area contributed by atoms with Crippen LogP contribution in [0.5, 0.6) is 0 Å². The van der Waals surface area contributed by atoms with Gasteiger partial charge in [-0.3, -0.25) is 9.79 Å². The summed E-state index contributed by atoms with van der Waals surface area (Å²) in [5.41, 5.74) is 0. The van der Waals surface area contributed by atoms with Gasteiger partial charge in [-0.15, -0.1) is 0 Å². The van der Waals surface area contributed by atoms with Crippen molar-refractivity contribution in [3.05, 3.63) is 30.3 Å². The van der Waals surface area contributed by atoms with E-state index in [0.717, 1.165) is 31.9 Å². The van der Waals surface area contributed by atoms with Crippen LogP contribution in [0.25, 0.3) is 0 Å². The molecule has 0 bridgehead atoms. The van der Waals surface area contributed by atoms with Crippen molar-refractivity contribution in [2.45, 2.75) is 24.2 Å². The van der Waals surface area contributed by atoms with Crippen molar-refractivity contribution in [2.24, 2.45) is 10.9 Å². The lowest BCUT2D eigenvalue weighted by atomic mass is 9.97. The van der Waals surface area contributed by atoms with E-state index in [2.05, 4.69) is 15.2 Å². The van der Waals surface area contributed by atoms with Gasteiger partial charge in [-0.2, -0.15) is 0 Å². The first-order valence-corrected chi connectivity index (χ1v) is 10.4. The second-order valence-corrected chi connectivity index (χ2v) is 8.35. The number of rotatable bonds is 6. The number of methoxy groups -OCH3 is 1. The van der Waals surface area contributed by atoms with Crippen molar-refractivity contribution in [2.75, 3.05) is 39.5 Å². The SMILES string of the molecule is CN=C(NCCCS(=O)(=O)c1ccccc1)N1CCC(C(=O)OC)CC1. The molecule has 1 aromatic carbocycles. The Balaban J connectivity index is 1.77. The molecule has 0 unspecified atom stereocenters. The topological polar surface area (TPSA) is 88.1 Å². The minimum atomic E-state index is -3.25. The summed E-state index contributed by atoms with van der Waals surface area (Å²) in [6.07, 6.45) is 1.96. The fourth-order valence-corrected chi connectivity index (χ4v) is 4.37. The van der Waals surface area contributed by atoms with Crippen LogP contribution in [0.2, 0.25) is 0 Å². The number of benzene rings is 1. The number of ether oxygens (including phenoxy) is 1. The summed E-state index contributed by atoms with van der Waals surface area (Å²) in [6, 6.07) is 8.49. The summed E-state index contributed by atoms with van der Waals surface area (Å²) >= 11 is 0. The van der Waals surface area contributed by atoms with E-state index >= 15 is 0 Å². The number of nitrogens with one attached hydrogen (secondary N) is 1. The molecule has 1 aliphatic rings. The zero-order valence-electron chi connectivity index (χ0n) is 15.3. The molecule has 1 fully saturated rings. The van der Waals surface area contributed by atoms with E-state index in [1.165, 1.54) is 7.11 Å². The largest absolute Gasteiger partial charge is 0.469 e. The number of aliphatic imine (C=N–C) groups is 1. The number of hydrogen-bond donors (Lipinski definition) is 1. The van der Waals surface area contributed by atoms with Crippen molar-refractivity contribution in [3.8, 4) is 0 Å². The molecule has 0 saturated carbocycles. The number of piperidine rings is 1. The minimum Gasteiger partial charge on any atom is -0.469 e. The van der Waals surface area contributed by atoms with E-state index in [1.54, 1.807) is 37.4 Å². The average Bonchev–Trinajstić information content (AvgIpc) is 2.68. The van der Waals surface area contributed by atoms with E-state index < -0.39 is 9.84 Å². The summed E-state index contributed by atoms with van der Waals surface area (Å²) in [4.78, 5) is 18.3. The Labute approximate surface area is 155 Å². The number of likely N-dealkylation sites (tertiary alicyclic amines) is 1. The van der Waals surface area contributed by atoms with Gasteiger partial charge in [0.25, 0.3) is 0 Å². The molecule has 0 amide bonds. The maximum Gasteiger partial charge on any atom is 0.308 e. The molecule has 1 aliphatic heterocycles. The van der Waals surface area contributed by atoms with E-state index in [0.29, 0.717) is 17.9 Å². The lowest BCUT2D eigenvalue weighted by Crippen LogP contribution is -2.47. The van der Waals surface area contributed by atoms with E-state index in [-0.39, 0.29) is 17.6 Å². The quantitative estimate of drug-likeness (QED) is 0.346. The first kappa shape index (κ1) is 20.2. The van der Waals surface area contributed by atoms with Gasteiger partial charge in [-0.25, -0.2) is 8.42 Å². The Bertz CT molecular complexity index is 711. The summed E-state index contributed by atoms with van der Waals surface area (Å²) < 4.78 is 29.3. The second-order valence-electron chi connectivity index (χ2n) is 6.24. The zero-order valence-corrected chi connectivity index (χ0v) is 16.2. The highest BCUT2D eigenvalue weighted by Crippen LogP contribution is 2.18. The monoisotopic (exact) mass is 381 g/mol. The average molecular weight is 381 g/mol. The van der Waals surface area contributed by atoms with Gasteiger partial charge in [-0.05, 0) is 31.4 Å². The maximum absolute atomic E-state index is 12.3. The van der Waals surface area contributed by atoms with Gasteiger partial charge >= 0.3 is 5.97 Å². The van der Waals surface area contributed by atoms with Crippen LogP contribution in [0, 0.1) is 5.92 Å². The Morgan fingerprint density at radius 3 is 2.50 bits per heavy atom. The van der Waals surface area contributed by atoms with Gasteiger partial charge in [0.1, 0.15) is 0 Å². The number of esters is 1. The number of nitrogens with zero attached hydrogens (tertiary/aromatic N) is 2. The summed E-state index contributed by atoms with van der Waals surface area (Å²) in [5, 5.41) is 3.22. The van der Waals surface area contributed by atoms with Gasteiger partial charge in [0.15, 0.2) is 15.8 Å². The van der Waals surface area contributed by atoms with Crippen LogP contribution in [0.15, 0.2) is 40.2 Å². The standard InChI is InChI=1S/C18H27N3O4S/c1-19-18(21-12-9-15(10-13-21)17(22)25-2)20-11-6-14-26(23,24)16-7-4-3-5-8-16/h3-5,7-8,15H,6,9-14H2,1-2H3,(H,19,20). The van der Waals surface area contributed by atoms with Crippen molar-refractivity contribution in [1.29, 1.82) is 0 Å². The first-order valence-electron chi connectivity index (χ1n) is 8.79. The molecular weight excluding hydrogens is 354 g/mol. The number of guanidine groups is 1.